The Bertz CT molecular complexity index is 1320. The van der Waals surface area contributed by atoms with Crippen molar-refractivity contribution in [3.8, 4) is 5.75 Å². The topological polar surface area (TPSA) is 83.2 Å². The molecule has 2 saturated heterocycles. The van der Waals surface area contributed by atoms with E-state index < -0.39 is 17.7 Å². The van der Waals surface area contributed by atoms with Crippen LogP contribution in [0.2, 0.25) is 0 Å². The van der Waals surface area contributed by atoms with Crippen molar-refractivity contribution >= 4 is 17.4 Å². The average molecular weight is 501 g/mol. The van der Waals surface area contributed by atoms with Crippen LogP contribution in [0.15, 0.2) is 70.9 Å². The van der Waals surface area contributed by atoms with E-state index in [2.05, 4.69) is 17.0 Å². The summed E-state index contributed by atoms with van der Waals surface area (Å²) in [7, 11) is 1.59. The molecule has 0 bridgehead atoms. The van der Waals surface area contributed by atoms with E-state index in [-0.39, 0.29) is 17.4 Å². The molecule has 2 aliphatic rings. The lowest BCUT2D eigenvalue weighted by atomic mass is 9.94. The van der Waals surface area contributed by atoms with Crippen molar-refractivity contribution in [2.45, 2.75) is 45.3 Å². The number of methoxy groups -OCH3 is 1. The third-order valence-corrected chi connectivity index (χ3v) is 7.49. The van der Waals surface area contributed by atoms with Crippen LogP contribution >= 0.6 is 0 Å². The van der Waals surface area contributed by atoms with Gasteiger partial charge in [0.25, 0.3) is 11.7 Å². The number of Topliss-reactive ketones (excluding diaryl/α,β-unsaturated/α-hetero) is 1. The number of furan rings is 1. The molecule has 7 heteroatoms. The number of hydrogen-bond acceptors (Lipinski definition) is 6. The highest BCUT2D eigenvalue weighted by molar-refractivity contribution is 6.46. The molecular weight excluding hydrogens is 468 g/mol. The Morgan fingerprint density at radius 2 is 1.76 bits per heavy atom. The molecule has 0 radical (unpaired) electrons. The molecule has 2 aliphatic heterocycles. The maximum absolute atomic E-state index is 13.4. The molecule has 5 rings (SSSR count). The highest BCUT2D eigenvalue weighted by atomic mass is 16.5. The van der Waals surface area contributed by atoms with Crippen molar-refractivity contribution in [1.82, 2.24) is 9.80 Å². The fraction of sp³-hybridized carbons (Fsp3) is 0.333. The van der Waals surface area contributed by atoms with E-state index in [1.54, 1.807) is 30.2 Å². The largest absolute Gasteiger partial charge is 0.507 e. The van der Waals surface area contributed by atoms with Gasteiger partial charge in [0.1, 0.15) is 23.3 Å². The molecule has 2 fully saturated rings. The number of ketones is 1. The van der Waals surface area contributed by atoms with E-state index in [1.807, 2.05) is 38.1 Å². The Hall–Kier alpha value is -3.84. The first-order valence-corrected chi connectivity index (χ1v) is 12.6. The average Bonchev–Trinajstić information content (AvgIpc) is 3.53. The Balaban J connectivity index is 1.47. The minimum atomic E-state index is -0.775. The number of hydrogen-bond donors (Lipinski definition) is 1. The summed E-state index contributed by atoms with van der Waals surface area (Å²) < 4.78 is 11.1. The number of aliphatic hydroxyl groups excluding tert-OH is 1. The zero-order valence-electron chi connectivity index (χ0n) is 21.4. The molecule has 1 unspecified atom stereocenters. The summed E-state index contributed by atoms with van der Waals surface area (Å²) in [5.41, 5.74) is 3.40. The van der Waals surface area contributed by atoms with Crippen LogP contribution in [-0.2, 0) is 16.1 Å². The molecule has 0 aliphatic carbocycles. The van der Waals surface area contributed by atoms with Crippen LogP contribution in [0.25, 0.3) is 5.76 Å². The van der Waals surface area contributed by atoms with Crippen LogP contribution in [0.3, 0.4) is 0 Å². The van der Waals surface area contributed by atoms with E-state index in [4.69, 9.17) is 9.15 Å². The van der Waals surface area contributed by atoms with Crippen LogP contribution in [0.4, 0.5) is 0 Å². The van der Waals surface area contributed by atoms with Gasteiger partial charge in [0, 0.05) is 31.2 Å². The summed E-state index contributed by atoms with van der Waals surface area (Å²) >= 11 is 0. The zero-order chi connectivity index (χ0) is 26.1. The van der Waals surface area contributed by atoms with Gasteiger partial charge in [-0.2, -0.15) is 0 Å². The van der Waals surface area contributed by atoms with Crippen molar-refractivity contribution in [3.05, 3.63) is 94.4 Å². The normalized spacial score (nSPS) is 20.5. The Labute approximate surface area is 216 Å². The number of aryl methyl sites for hydroxylation is 2. The second-order valence-electron chi connectivity index (χ2n) is 9.85. The molecule has 2 aromatic carbocycles. The second-order valence-corrected chi connectivity index (χ2v) is 9.85. The number of carbonyl (C=O) groups is 2. The molecule has 1 N–H and O–H groups in total. The smallest absolute Gasteiger partial charge is 0.296 e. The van der Waals surface area contributed by atoms with Crippen molar-refractivity contribution < 1.29 is 23.8 Å². The third-order valence-electron chi connectivity index (χ3n) is 7.49. The number of carbonyl (C=O) groups excluding carboxylic acids is 2. The van der Waals surface area contributed by atoms with E-state index in [1.165, 1.54) is 11.8 Å². The van der Waals surface area contributed by atoms with E-state index in [0.29, 0.717) is 17.1 Å². The lowest BCUT2D eigenvalue weighted by Crippen LogP contribution is -2.46. The van der Waals surface area contributed by atoms with Crippen LogP contribution in [0.5, 0.6) is 5.75 Å². The third kappa shape index (κ3) is 4.67. The lowest BCUT2D eigenvalue weighted by Gasteiger charge is -2.38. The summed E-state index contributed by atoms with van der Waals surface area (Å²) in [6.07, 6.45) is 3.00. The van der Waals surface area contributed by atoms with E-state index in [0.717, 1.165) is 43.6 Å². The number of rotatable bonds is 6. The quantitative estimate of drug-likeness (QED) is 0.292. The second kappa shape index (κ2) is 10.3. The van der Waals surface area contributed by atoms with E-state index >= 15 is 0 Å². The highest BCUT2D eigenvalue weighted by Crippen LogP contribution is 2.43. The molecule has 1 amide bonds. The first-order valence-electron chi connectivity index (χ1n) is 12.6. The number of aliphatic hydroxyl groups is 1. The SMILES string of the molecule is COc1cc(C)c(/C(O)=C2/C(=O)C(=O)N(C3CCN(Cc4ccccc4)CC3)C2c2ccco2)cc1C. The lowest BCUT2D eigenvalue weighted by molar-refractivity contribution is -0.142. The number of piperidine rings is 1. The molecular formula is C30H32N2O5. The summed E-state index contributed by atoms with van der Waals surface area (Å²) in [5.74, 6) is -0.299. The molecule has 3 aromatic rings. The van der Waals surface area contributed by atoms with Gasteiger partial charge in [-0.15, -0.1) is 0 Å². The summed E-state index contributed by atoms with van der Waals surface area (Å²) in [6, 6.07) is 16.5. The molecule has 0 spiro atoms. The van der Waals surface area contributed by atoms with Gasteiger partial charge >= 0.3 is 0 Å². The van der Waals surface area contributed by atoms with Crippen molar-refractivity contribution in [2.24, 2.45) is 0 Å². The van der Waals surface area contributed by atoms with Gasteiger partial charge in [-0.3, -0.25) is 14.5 Å². The molecule has 192 valence electrons. The Kier molecular flexibility index (Phi) is 6.89. The maximum Gasteiger partial charge on any atom is 0.296 e. The molecule has 37 heavy (non-hydrogen) atoms. The van der Waals surface area contributed by atoms with Crippen molar-refractivity contribution in [3.63, 3.8) is 0 Å². The number of amides is 1. The van der Waals surface area contributed by atoms with Gasteiger partial charge in [0.15, 0.2) is 0 Å². The van der Waals surface area contributed by atoms with Gasteiger partial charge in [-0.25, -0.2) is 0 Å². The highest BCUT2D eigenvalue weighted by Gasteiger charge is 2.50. The maximum atomic E-state index is 13.4. The fourth-order valence-corrected chi connectivity index (χ4v) is 5.56. The molecule has 7 nitrogen and oxygen atoms in total. The number of ether oxygens (including phenoxy) is 1. The molecule has 1 aromatic heterocycles. The van der Waals surface area contributed by atoms with E-state index in [9.17, 15) is 14.7 Å². The van der Waals surface area contributed by atoms with Crippen LogP contribution in [0.1, 0.15) is 46.9 Å². The van der Waals surface area contributed by atoms with Gasteiger partial charge < -0.3 is 19.2 Å². The van der Waals surface area contributed by atoms with Gasteiger partial charge in [-0.1, -0.05) is 30.3 Å². The van der Waals surface area contributed by atoms with Crippen LogP contribution in [0, 0.1) is 13.8 Å². The first-order chi connectivity index (χ1) is 17.9. The summed E-state index contributed by atoms with van der Waals surface area (Å²) in [6.45, 7) is 6.19. The first kappa shape index (κ1) is 24.8. The van der Waals surface area contributed by atoms with Crippen LogP contribution < -0.4 is 4.74 Å². The minimum absolute atomic E-state index is 0.0688. The summed E-state index contributed by atoms with van der Waals surface area (Å²) in [4.78, 5) is 30.9. The standard InChI is InChI=1S/C30H32N2O5/c1-19-17-25(36-3)20(2)16-23(19)28(33)26-27(24-10-7-15-37-24)32(30(35)29(26)34)22-11-13-31(14-12-22)18-21-8-5-4-6-9-21/h4-10,15-17,22,27,33H,11-14,18H2,1-3H3/b28-26-. The Morgan fingerprint density at radius 3 is 2.41 bits per heavy atom. The Morgan fingerprint density at radius 1 is 1.03 bits per heavy atom. The number of likely N-dealkylation sites (tertiary alicyclic amines) is 2. The van der Waals surface area contributed by atoms with Crippen molar-refractivity contribution in [2.75, 3.05) is 20.2 Å². The van der Waals surface area contributed by atoms with Crippen molar-refractivity contribution in [1.29, 1.82) is 0 Å². The predicted molar refractivity (Wildman–Crippen MR) is 140 cm³/mol. The van der Waals surface area contributed by atoms with Gasteiger partial charge in [0.2, 0.25) is 0 Å². The van der Waals surface area contributed by atoms with Gasteiger partial charge in [0.05, 0.1) is 18.9 Å². The monoisotopic (exact) mass is 500 g/mol. The van der Waals surface area contributed by atoms with Gasteiger partial charge in [-0.05, 0) is 67.6 Å². The number of nitrogens with zero attached hydrogens (tertiary/aromatic N) is 2. The summed E-state index contributed by atoms with van der Waals surface area (Å²) in [5, 5.41) is 11.5. The van der Waals surface area contributed by atoms with Crippen LogP contribution in [-0.4, -0.2) is 52.8 Å². The molecule has 3 heterocycles. The predicted octanol–water partition coefficient (Wildman–Crippen LogP) is 4.99. The number of benzene rings is 2. The fourth-order valence-electron chi connectivity index (χ4n) is 5.56. The molecule has 1 atom stereocenters. The zero-order valence-corrected chi connectivity index (χ0v) is 21.4. The molecule has 0 saturated carbocycles. The minimum Gasteiger partial charge on any atom is -0.507 e.